The van der Waals surface area contributed by atoms with Gasteiger partial charge in [-0.1, -0.05) is 29.8 Å². The number of aryl methyl sites for hydroxylation is 1. The van der Waals surface area contributed by atoms with Crippen molar-refractivity contribution in [1.29, 1.82) is 0 Å². The van der Waals surface area contributed by atoms with Crippen molar-refractivity contribution >= 4 is 0 Å². The lowest BCUT2D eigenvalue weighted by atomic mass is 9.87. The number of aliphatic hydroxyl groups is 1. The summed E-state index contributed by atoms with van der Waals surface area (Å²) in [6, 6.07) is 4.70. The summed E-state index contributed by atoms with van der Waals surface area (Å²) in [4.78, 5) is 0. The van der Waals surface area contributed by atoms with Crippen LogP contribution in [-0.4, -0.2) is 34.5 Å². The molecule has 1 aliphatic carbocycles. The van der Waals surface area contributed by atoms with Gasteiger partial charge in [-0.05, 0) is 12.5 Å². The van der Waals surface area contributed by atoms with Crippen LogP contribution in [-0.2, 0) is 0 Å². The first-order valence-corrected chi connectivity index (χ1v) is 6.58. The molecule has 0 heterocycles. The van der Waals surface area contributed by atoms with Gasteiger partial charge in [-0.25, -0.2) is 4.39 Å². The summed E-state index contributed by atoms with van der Waals surface area (Å²) in [5.41, 5.74) is -5.39. The van der Waals surface area contributed by atoms with E-state index in [1.807, 2.05) is 0 Å². The van der Waals surface area contributed by atoms with Crippen LogP contribution in [0.4, 0.5) is 39.5 Å². The third kappa shape index (κ3) is 2.01. The molecule has 0 saturated heterocycles. The van der Waals surface area contributed by atoms with Crippen LogP contribution in [0.2, 0.25) is 0 Å². The Balaban J connectivity index is 2.48. The summed E-state index contributed by atoms with van der Waals surface area (Å²) in [5, 5.41) is 9.65. The van der Waals surface area contributed by atoms with Crippen LogP contribution in [0.3, 0.4) is 0 Å². The molecule has 0 aromatic heterocycles. The quantitative estimate of drug-likeness (QED) is 0.770. The van der Waals surface area contributed by atoms with Crippen LogP contribution in [0.5, 0.6) is 0 Å². The van der Waals surface area contributed by atoms with E-state index in [1.54, 1.807) is 6.92 Å². The number of hydrogen-bond donors (Lipinski definition) is 1. The molecule has 1 atom stereocenters. The van der Waals surface area contributed by atoms with Gasteiger partial charge in [0, 0.05) is 6.42 Å². The lowest BCUT2D eigenvalue weighted by molar-refractivity contribution is -0.303. The first kappa shape index (κ1) is 18.9. The summed E-state index contributed by atoms with van der Waals surface area (Å²) in [7, 11) is 0. The Kier molecular flexibility index (Phi) is 3.95. The molecule has 1 fully saturated rings. The number of hydrogen-bond acceptors (Lipinski definition) is 1. The molecule has 2 rings (SSSR count). The van der Waals surface area contributed by atoms with Crippen LogP contribution in [0, 0.1) is 6.92 Å². The van der Waals surface area contributed by atoms with Crippen molar-refractivity contribution in [3.05, 3.63) is 35.4 Å². The fourth-order valence-electron chi connectivity index (χ4n) is 2.52. The van der Waals surface area contributed by atoms with Gasteiger partial charge < -0.3 is 5.11 Å². The highest BCUT2D eigenvalue weighted by Gasteiger charge is 3.00. The van der Waals surface area contributed by atoms with Crippen molar-refractivity contribution in [3.63, 3.8) is 0 Å². The predicted octanol–water partition coefficient (Wildman–Crippen LogP) is 4.68. The molecule has 1 aromatic rings. The van der Waals surface area contributed by atoms with E-state index < -0.39 is 41.9 Å². The molecule has 0 radical (unpaired) electrons. The standard InChI is InChI=1S/C14H11F9O/c1-7-2-4-8(5-3-7)9(24)6-10(15)11(16,17)13(20,21)14(22,23)12(10,18)19/h2-5,9,24H,6H2,1H3. The maximum absolute atomic E-state index is 14.3. The van der Waals surface area contributed by atoms with Crippen LogP contribution in [0.15, 0.2) is 24.3 Å². The average Bonchev–Trinajstić information content (AvgIpc) is 2.50. The first-order chi connectivity index (χ1) is 10.6. The summed E-state index contributed by atoms with van der Waals surface area (Å²) in [6.45, 7) is 1.58. The Morgan fingerprint density at radius 1 is 0.750 bits per heavy atom. The Bertz CT molecular complexity index is 598. The van der Waals surface area contributed by atoms with Crippen molar-refractivity contribution in [1.82, 2.24) is 0 Å². The fourth-order valence-corrected chi connectivity index (χ4v) is 2.52. The summed E-state index contributed by atoms with van der Waals surface area (Å²) in [6.07, 6.45) is -4.75. The van der Waals surface area contributed by atoms with E-state index in [2.05, 4.69) is 0 Å². The Hall–Kier alpha value is -1.45. The molecule has 1 aliphatic rings. The van der Waals surface area contributed by atoms with Gasteiger partial charge in [0.05, 0.1) is 6.10 Å². The van der Waals surface area contributed by atoms with Gasteiger partial charge in [-0.3, -0.25) is 0 Å². The van der Waals surface area contributed by atoms with Gasteiger partial charge in [0.2, 0.25) is 0 Å². The van der Waals surface area contributed by atoms with Gasteiger partial charge in [-0.15, -0.1) is 0 Å². The average molecular weight is 366 g/mol. The van der Waals surface area contributed by atoms with Crippen molar-refractivity contribution < 1.29 is 44.6 Å². The molecule has 0 spiro atoms. The van der Waals surface area contributed by atoms with Gasteiger partial charge in [-0.2, -0.15) is 35.1 Å². The SMILES string of the molecule is Cc1ccc(C(O)CC2(F)C(F)(F)C(F)(F)C(F)(F)C2(F)F)cc1. The van der Waals surface area contributed by atoms with Gasteiger partial charge in [0.1, 0.15) is 0 Å². The molecule has 24 heavy (non-hydrogen) atoms. The fraction of sp³-hybridized carbons (Fsp3) is 0.571. The maximum Gasteiger partial charge on any atom is 0.381 e. The molecule has 10 heteroatoms. The smallest absolute Gasteiger partial charge is 0.381 e. The number of benzene rings is 1. The lowest BCUT2D eigenvalue weighted by Crippen LogP contribution is -2.55. The third-order valence-electron chi connectivity index (χ3n) is 4.12. The minimum absolute atomic E-state index is 0.359. The topological polar surface area (TPSA) is 20.2 Å². The Morgan fingerprint density at radius 3 is 1.50 bits per heavy atom. The molecule has 136 valence electrons. The van der Waals surface area contributed by atoms with Crippen LogP contribution in [0.1, 0.15) is 23.7 Å². The molecule has 1 aromatic carbocycles. The van der Waals surface area contributed by atoms with E-state index in [0.29, 0.717) is 5.56 Å². The molecule has 0 aliphatic heterocycles. The molecule has 0 amide bonds. The zero-order valence-corrected chi connectivity index (χ0v) is 11.9. The molecule has 1 saturated carbocycles. The number of aliphatic hydroxyl groups excluding tert-OH is 1. The molecule has 0 bridgehead atoms. The van der Waals surface area contributed by atoms with Crippen molar-refractivity contribution in [2.75, 3.05) is 0 Å². The third-order valence-corrected chi connectivity index (χ3v) is 4.12. The Morgan fingerprint density at radius 2 is 1.12 bits per heavy atom. The van der Waals surface area contributed by atoms with Crippen LogP contribution in [0.25, 0.3) is 0 Å². The minimum Gasteiger partial charge on any atom is -0.388 e. The van der Waals surface area contributed by atoms with E-state index in [-0.39, 0.29) is 5.56 Å². The van der Waals surface area contributed by atoms with E-state index in [4.69, 9.17) is 0 Å². The molecule has 1 unspecified atom stereocenters. The highest BCUT2D eigenvalue weighted by atomic mass is 19.4. The van der Waals surface area contributed by atoms with Crippen LogP contribution >= 0.6 is 0 Å². The summed E-state index contributed by atoms with van der Waals surface area (Å²) in [5.74, 6) is -26.0. The van der Waals surface area contributed by atoms with E-state index in [0.717, 1.165) is 12.1 Å². The second kappa shape index (κ2) is 5.03. The van der Waals surface area contributed by atoms with Crippen molar-refractivity contribution in [3.8, 4) is 0 Å². The second-order valence-corrected chi connectivity index (χ2v) is 5.73. The maximum atomic E-state index is 14.3. The minimum atomic E-state index is -6.62. The molecular formula is C14H11F9O. The van der Waals surface area contributed by atoms with Crippen molar-refractivity contribution in [2.24, 2.45) is 0 Å². The first-order valence-electron chi connectivity index (χ1n) is 6.58. The summed E-state index contributed by atoms with van der Waals surface area (Å²) < 4.78 is 121. The van der Waals surface area contributed by atoms with E-state index >= 15 is 0 Å². The Labute approximate surface area is 130 Å². The summed E-state index contributed by atoms with van der Waals surface area (Å²) >= 11 is 0. The number of halogens is 9. The normalized spacial score (nSPS) is 27.0. The van der Waals surface area contributed by atoms with Gasteiger partial charge >= 0.3 is 23.7 Å². The molecule has 1 N–H and O–H groups in total. The van der Waals surface area contributed by atoms with E-state index in [1.165, 1.54) is 12.1 Å². The largest absolute Gasteiger partial charge is 0.388 e. The molecular weight excluding hydrogens is 355 g/mol. The monoisotopic (exact) mass is 366 g/mol. The highest BCUT2D eigenvalue weighted by molar-refractivity contribution is 5.29. The predicted molar refractivity (Wildman–Crippen MR) is 64.4 cm³/mol. The zero-order chi connectivity index (χ0) is 18.8. The van der Waals surface area contributed by atoms with Gasteiger partial charge in [0.25, 0.3) is 5.67 Å². The van der Waals surface area contributed by atoms with Gasteiger partial charge in [0.15, 0.2) is 0 Å². The van der Waals surface area contributed by atoms with Crippen LogP contribution < -0.4 is 0 Å². The second-order valence-electron chi connectivity index (χ2n) is 5.73. The van der Waals surface area contributed by atoms with Crippen molar-refractivity contribution in [2.45, 2.75) is 48.8 Å². The zero-order valence-electron chi connectivity index (χ0n) is 11.9. The molecule has 1 nitrogen and oxygen atoms in total. The lowest BCUT2D eigenvalue weighted by Gasteiger charge is -2.32. The highest BCUT2D eigenvalue weighted by Crippen LogP contribution is 2.70. The number of rotatable bonds is 3. The van der Waals surface area contributed by atoms with E-state index in [9.17, 15) is 44.6 Å². The number of alkyl halides is 9.